The van der Waals surface area contributed by atoms with Crippen molar-refractivity contribution in [2.75, 3.05) is 0 Å². The third-order valence-electron chi connectivity index (χ3n) is 2.22. The third-order valence-corrected chi connectivity index (χ3v) is 3.16. The summed E-state index contributed by atoms with van der Waals surface area (Å²) in [5, 5.41) is 0.849. The van der Waals surface area contributed by atoms with Crippen LogP contribution in [0, 0.1) is 13.8 Å². The smallest absolute Gasteiger partial charge is 0.188 e. The minimum atomic E-state index is 0.849. The Morgan fingerprint density at radius 3 is 2.81 bits per heavy atom. The second-order valence-electron chi connectivity index (χ2n) is 3.76. The average Bonchev–Trinajstić information content (AvgIpc) is 2.27. The molecule has 16 heavy (non-hydrogen) atoms. The van der Waals surface area contributed by atoms with Crippen molar-refractivity contribution in [1.29, 1.82) is 0 Å². The minimum absolute atomic E-state index is 0.849. The summed E-state index contributed by atoms with van der Waals surface area (Å²) in [5.74, 6) is 0.922. The molecule has 0 aliphatic rings. The third kappa shape index (κ3) is 3.07. The highest BCUT2D eigenvalue weighted by Gasteiger charge is 1.99. The highest BCUT2D eigenvalue weighted by molar-refractivity contribution is 7.98. The molecule has 0 radical (unpaired) electrons. The highest BCUT2D eigenvalue weighted by atomic mass is 32.2. The van der Waals surface area contributed by atoms with Gasteiger partial charge < -0.3 is 0 Å². The molecule has 0 saturated heterocycles. The lowest BCUT2D eigenvalue weighted by atomic mass is 10.2. The summed E-state index contributed by atoms with van der Waals surface area (Å²) in [7, 11) is 0. The Labute approximate surface area is 100 Å². The molecule has 2 aromatic rings. The van der Waals surface area contributed by atoms with E-state index in [1.807, 2.05) is 13.0 Å². The standard InChI is InChI=1S/C13H14N2S/c1-10-4-3-5-12(8-10)9-16-13-14-7-6-11(2)15-13/h3-8H,9H2,1-2H3. The predicted molar refractivity (Wildman–Crippen MR) is 67.5 cm³/mol. The number of nitrogens with zero attached hydrogens (tertiary/aromatic N) is 2. The van der Waals surface area contributed by atoms with E-state index in [1.54, 1.807) is 18.0 Å². The average molecular weight is 230 g/mol. The van der Waals surface area contributed by atoms with Crippen LogP contribution in [0.5, 0.6) is 0 Å². The summed E-state index contributed by atoms with van der Waals surface area (Å²) in [6.07, 6.45) is 1.81. The van der Waals surface area contributed by atoms with Crippen molar-refractivity contribution in [1.82, 2.24) is 9.97 Å². The van der Waals surface area contributed by atoms with E-state index in [9.17, 15) is 0 Å². The molecule has 0 atom stereocenters. The molecule has 1 heterocycles. The van der Waals surface area contributed by atoms with E-state index >= 15 is 0 Å². The fourth-order valence-corrected chi connectivity index (χ4v) is 2.26. The first-order valence-corrected chi connectivity index (χ1v) is 6.20. The summed E-state index contributed by atoms with van der Waals surface area (Å²) < 4.78 is 0. The van der Waals surface area contributed by atoms with Gasteiger partial charge in [0.2, 0.25) is 0 Å². The Morgan fingerprint density at radius 1 is 1.19 bits per heavy atom. The van der Waals surface area contributed by atoms with E-state index in [0.29, 0.717) is 0 Å². The zero-order valence-electron chi connectivity index (χ0n) is 9.47. The number of hydrogen-bond donors (Lipinski definition) is 0. The number of hydrogen-bond acceptors (Lipinski definition) is 3. The van der Waals surface area contributed by atoms with Gasteiger partial charge in [-0.05, 0) is 25.5 Å². The van der Waals surface area contributed by atoms with E-state index in [2.05, 4.69) is 41.2 Å². The van der Waals surface area contributed by atoms with Crippen molar-refractivity contribution in [3.05, 3.63) is 53.3 Å². The summed E-state index contributed by atoms with van der Waals surface area (Å²) >= 11 is 1.67. The fraction of sp³-hybridized carbons (Fsp3) is 0.231. The normalized spacial score (nSPS) is 10.4. The maximum atomic E-state index is 4.36. The van der Waals surface area contributed by atoms with Gasteiger partial charge in [0.05, 0.1) is 0 Å². The first-order chi connectivity index (χ1) is 7.74. The number of benzene rings is 1. The molecule has 0 aliphatic heterocycles. The Bertz CT molecular complexity index is 437. The molecule has 0 spiro atoms. The van der Waals surface area contributed by atoms with Crippen LogP contribution in [0.25, 0.3) is 0 Å². The maximum Gasteiger partial charge on any atom is 0.188 e. The van der Waals surface area contributed by atoms with E-state index in [0.717, 1.165) is 16.6 Å². The van der Waals surface area contributed by atoms with Crippen LogP contribution in [0.1, 0.15) is 16.8 Å². The van der Waals surface area contributed by atoms with Gasteiger partial charge in [0.25, 0.3) is 0 Å². The first kappa shape index (κ1) is 11.1. The molecule has 2 rings (SSSR count). The Kier molecular flexibility index (Phi) is 3.57. The predicted octanol–water partition coefficient (Wildman–Crippen LogP) is 3.39. The van der Waals surface area contributed by atoms with Crippen LogP contribution >= 0.6 is 11.8 Å². The second kappa shape index (κ2) is 5.12. The van der Waals surface area contributed by atoms with Crippen molar-refractivity contribution in [2.24, 2.45) is 0 Å². The first-order valence-electron chi connectivity index (χ1n) is 5.22. The minimum Gasteiger partial charge on any atom is -0.231 e. The van der Waals surface area contributed by atoms with Crippen LogP contribution in [0.2, 0.25) is 0 Å². The van der Waals surface area contributed by atoms with Crippen LogP contribution in [-0.4, -0.2) is 9.97 Å². The van der Waals surface area contributed by atoms with Crippen molar-refractivity contribution < 1.29 is 0 Å². The fourth-order valence-electron chi connectivity index (χ4n) is 1.45. The van der Waals surface area contributed by atoms with E-state index in [4.69, 9.17) is 0 Å². The second-order valence-corrected chi connectivity index (χ2v) is 4.70. The van der Waals surface area contributed by atoms with E-state index < -0.39 is 0 Å². The van der Waals surface area contributed by atoms with Gasteiger partial charge in [-0.25, -0.2) is 9.97 Å². The Balaban J connectivity index is 2.02. The largest absolute Gasteiger partial charge is 0.231 e. The molecule has 0 amide bonds. The summed E-state index contributed by atoms with van der Waals surface area (Å²) in [6, 6.07) is 10.4. The van der Waals surface area contributed by atoms with Crippen LogP contribution in [0.3, 0.4) is 0 Å². The van der Waals surface area contributed by atoms with Gasteiger partial charge in [0.15, 0.2) is 5.16 Å². The molecule has 3 heteroatoms. The molecule has 0 saturated carbocycles. The SMILES string of the molecule is Cc1cccc(CSc2nccc(C)n2)c1. The summed E-state index contributed by atoms with van der Waals surface area (Å²) in [4.78, 5) is 8.59. The lowest BCUT2D eigenvalue weighted by Gasteiger charge is -2.02. The van der Waals surface area contributed by atoms with Crippen LogP contribution in [0.15, 0.2) is 41.7 Å². The molecule has 1 aromatic carbocycles. The van der Waals surface area contributed by atoms with Crippen LogP contribution < -0.4 is 0 Å². The molecule has 0 N–H and O–H groups in total. The number of aromatic nitrogens is 2. The molecule has 0 bridgehead atoms. The molecular weight excluding hydrogens is 216 g/mol. The quantitative estimate of drug-likeness (QED) is 0.597. The van der Waals surface area contributed by atoms with Crippen molar-refractivity contribution in [3.63, 3.8) is 0 Å². The van der Waals surface area contributed by atoms with E-state index in [-0.39, 0.29) is 0 Å². The van der Waals surface area contributed by atoms with E-state index in [1.165, 1.54) is 11.1 Å². The summed E-state index contributed by atoms with van der Waals surface area (Å²) in [5.41, 5.74) is 3.63. The van der Waals surface area contributed by atoms with Crippen molar-refractivity contribution >= 4 is 11.8 Å². The van der Waals surface area contributed by atoms with Crippen molar-refractivity contribution in [3.8, 4) is 0 Å². The number of rotatable bonds is 3. The van der Waals surface area contributed by atoms with Crippen LogP contribution in [0.4, 0.5) is 0 Å². The topological polar surface area (TPSA) is 25.8 Å². The van der Waals surface area contributed by atoms with Gasteiger partial charge >= 0.3 is 0 Å². The lowest BCUT2D eigenvalue weighted by Crippen LogP contribution is -1.89. The molecular formula is C13H14N2S. The van der Waals surface area contributed by atoms with Gasteiger partial charge in [-0.15, -0.1) is 0 Å². The molecule has 0 aliphatic carbocycles. The zero-order valence-corrected chi connectivity index (χ0v) is 10.3. The molecule has 0 unspecified atom stereocenters. The monoisotopic (exact) mass is 230 g/mol. The Hall–Kier alpha value is -1.35. The molecule has 2 nitrogen and oxygen atoms in total. The maximum absolute atomic E-state index is 4.36. The van der Waals surface area contributed by atoms with Gasteiger partial charge in [-0.2, -0.15) is 0 Å². The molecule has 0 fully saturated rings. The molecule has 82 valence electrons. The number of thioether (sulfide) groups is 1. The van der Waals surface area contributed by atoms with Crippen LogP contribution in [-0.2, 0) is 5.75 Å². The van der Waals surface area contributed by atoms with Crippen molar-refractivity contribution in [2.45, 2.75) is 24.8 Å². The van der Waals surface area contributed by atoms with Gasteiger partial charge in [0, 0.05) is 17.6 Å². The van der Waals surface area contributed by atoms with Gasteiger partial charge in [-0.3, -0.25) is 0 Å². The summed E-state index contributed by atoms with van der Waals surface area (Å²) in [6.45, 7) is 4.09. The Morgan fingerprint density at radius 2 is 2.06 bits per heavy atom. The zero-order chi connectivity index (χ0) is 11.4. The van der Waals surface area contributed by atoms with Gasteiger partial charge in [-0.1, -0.05) is 41.6 Å². The highest BCUT2D eigenvalue weighted by Crippen LogP contribution is 2.19. The molecule has 1 aromatic heterocycles. The number of aryl methyl sites for hydroxylation is 2. The lowest BCUT2D eigenvalue weighted by molar-refractivity contribution is 0.932. The van der Waals surface area contributed by atoms with Gasteiger partial charge in [0.1, 0.15) is 0 Å².